The number of carboxylic acids is 1. The summed E-state index contributed by atoms with van der Waals surface area (Å²) >= 11 is 33.7. The minimum atomic E-state index is -1.74. The molecule has 0 radical (unpaired) electrons. The molecule has 2 aliphatic heterocycles. The van der Waals surface area contributed by atoms with E-state index in [0.29, 0.717) is 38.8 Å². The number of aliphatic carboxylic acids is 1. The average Bonchev–Trinajstić information content (AvgIpc) is 3.39. The molecule has 21 nitrogen and oxygen atoms in total. The molecule has 0 bridgehead atoms. The van der Waals surface area contributed by atoms with Gasteiger partial charge in [-0.2, -0.15) is 0 Å². The molecule has 2 saturated carbocycles. The molecule has 6 atom stereocenters. The maximum atomic E-state index is 13.2. The lowest BCUT2D eigenvalue weighted by Gasteiger charge is -2.35. The van der Waals surface area contributed by atoms with Crippen molar-refractivity contribution in [1.82, 2.24) is 42.1 Å². The first-order valence-corrected chi connectivity index (χ1v) is 28.7. The van der Waals surface area contributed by atoms with Crippen LogP contribution in [0.4, 0.5) is 4.79 Å². The summed E-state index contributed by atoms with van der Waals surface area (Å²) in [7, 11) is 0. The largest absolute Gasteiger partial charge is 0.481 e. The number of carbonyl (C=O) groups excluding carboxylic acids is 8. The average molecular weight is 1230 g/mol. The number of halogens is 6. The van der Waals surface area contributed by atoms with Gasteiger partial charge in [-0.15, -0.1) is 0 Å². The molecule has 6 amide bonds. The molecule has 78 heavy (non-hydrogen) atoms. The number of carboxylic acid groups (broad SMARTS) is 1. The van der Waals surface area contributed by atoms with Gasteiger partial charge in [0.1, 0.15) is 55.1 Å². The van der Waals surface area contributed by atoms with E-state index in [1.54, 1.807) is 65.8 Å². The van der Waals surface area contributed by atoms with E-state index in [1.807, 2.05) is 6.92 Å². The van der Waals surface area contributed by atoms with Crippen LogP contribution in [-0.4, -0.2) is 144 Å². The minimum absolute atomic E-state index is 0.0192. The van der Waals surface area contributed by atoms with Crippen molar-refractivity contribution in [2.24, 2.45) is 11.8 Å². The molecule has 4 aliphatic rings. The summed E-state index contributed by atoms with van der Waals surface area (Å²) < 4.78 is 11.9. The molecule has 0 aromatic carbocycles. The predicted octanol–water partition coefficient (Wildman–Crippen LogP) is 7.34. The molecule has 2 aliphatic carbocycles. The maximum absolute atomic E-state index is 13.2. The molecule has 4 rings (SSSR count). The fourth-order valence-corrected chi connectivity index (χ4v) is 9.10. The number of nitrogens with one attached hydrogen (secondary N) is 6. The van der Waals surface area contributed by atoms with E-state index in [1.165, 1.54) is 10.0 Å². The fourth-order valence-electron chi connectivity index (χ4n) is 8.78. The number of rotatable bonds is 18. The fraction of sp³-hybridized carbons (Fsp3) is 0.745. The van der Waals surface area contributed by atoms with Crippen LogP contribution in [-0.2, 0) is 52.6 Å². The van der Waals surface area contributed by atoms with Crippen molar-refractivity contribution in [1.29, 1.82) is 0 Å². The Morgan fingerprint density at radius 3 is 1.31 bits per heavy atom. The number of ether oxygens (including phenoxy) is 3. The van der Waals surface area contributed by atoms with Gasteiger partial charge in [-0.05, 0) is 112 Å². The highest BCUT2D eigenvalue weighted by atomic mass is 35.6. The summed E-state index contributed by atoms with van der Waals surface area (Å²) in [6.45, 7) is 11.9. The van der Waals surface area contributed by atoms with Crippen LogP contribution in [0.2, 0.25) is 0 Å². The highest BCUT2D eigenvalue weighted by molar-refractivity contribution is 6.68. The summed E-state index contributed by atoms with van der Waals surface area (Å²) in [5.74, 6) is -4.00. The predicted molar refractivity (Wildman–Crippen MR) is 298 cm³/mol. The number of alkyl carbamates (subject to hydrolysis) is 1. The summed E-state index contributed by atoms with van der Waals surface area (Å²) in [6, 6.07) is -4.88. The summed E-state index contributed by atoms with van der Waals surface area (Å²) in [4.78, 5) is 112. The van der Waals surface area contributed by atoms with Crippen LogP contribution in [0.5, 0.6) is 0 Å². The van der Waals surface area contributed by atoms with Gasteiger partial charge in [0, 0.05) is 19.5 Å². The Balaban J connectivity index is 0.000000475. The highest BCUT2D eigenvalue weighted by Gasteiger charge is 2.39. The number of hydrogen-bond donors (Lipinski definition) is 7. The maximum Gasteiger partial charge on any atom is 0.408 e. The Hall–Kier alpha value is -3.83. The summed E-state index contributed by atoms with van der Waals surface area (Å²) in [6.07, 6.45) is 17.8. The number of carbonyl (C=O) groups is 9. The van der Waals surface area contributed by atoms with Gasteiger partial charge >= 0.3 is 24.0 Å². The third kappa shape index (κ3) is 28.5. The zero-order valence-electron chi connectivity index (χ0n) is 45.6. The van der Waals surface area contributed by atoms with Crippen LogP contribution in [0.3, 0.4) is 0 Å². The molecular formula is C51H80Cl6N8O13. The first kappa shape index (κ1) is 70.3. The Morgan fingerprint density at radius 1 is 0.577 bits per heavy atom. The quantitative estimate of drug-likeness (QED) is 0.0306. The van der Waals surface area contributed by atoms with Crippen LogP contribution in [0.1, 0.15) is 151 Å². The van der Waals surface area contributed by atoms with Gasteiger partial charge in [0.25, 0.3) is 11.8 Å². The van der Waals surface area contributed by atoms with Crippen LogP contribution >= 0.6 is 69.6 Å². The molecule has 4 fully saturated rings. The Labute approximate surface area is 488 Å². The molecule has 2 saturated heterocycles. The normalized spacial score (nSPS) is 20.2. The SMILES string of the molecule is C/C=C/CC(=O)N[C@H](C(=O)N[C@@H](C)C(=O)N1CCC[C@@H](C(=O)OCC(Cl)(Cl)Cl)N1)C1CCCCC1.C/C=C/CC(=O)O.C[C@H](NC(=O)[C@@H](NC(=O)OC(C)(C)C)C1CCCCC1)C(=O)N1CCC[C@@H](C(=O)OCC(Cl)(Cl)Cl)N1. The van der Waals surface area contributed by atoms with Crippen LogP contribution < -0.4 is 32.1 Å². The molecule has 7 N–H and O–H groups in total. The van der Waals surface area contributed by atoms with Crippen molar-refractivity contribution in [2.45, 2.75) is 201 Å². The second-order valence-corrected chi connectivity index (χ2v) is 25.5. The van der Waals surface area contributed by atoms with Crippen molar-refractivity contribution < 1.29 is 62.5 Å². The molecule has 2 heterocycles. The van der Waals surface area contributed by atoms with E-state index in [9.17, 15) is 43.2 Å². The number of alkyl halides is 6. The van der Waals surface area contributed by atoms with Gasteiger partial charge in [0.15, 0.2) is 0 Å². The van der Waals surface area contributed by atoms with Gasteiger partial charge in [0.05, 0.1) is 6.42 Å². The lowest BCUT2D eigenvalue weighted by atomic mass is 9.83. The number of esters is 2. The second kappa shape index (κ2) is 35.1. The van der Waals surface area contributed by atoms with Gasteiger partial charge in [-0.3, -0.25) is 48.4 Å². The zero-order chi connectivity index (χ0) is 58.8. The molecule has 0 aromatic rings. The van der Waals surface area contributed by atoms with Gasteiger partial charge in [0.2, 0.25) is 25.3 Å². The smallest absolute Gasteiger partial charge is 0.408 e. The van der Waals surface area contributed by atoms with Crippen LogP contribution in [0, 0.1) is 11.8 Å². The van der Waals surface area contributed by atoms with Gasteiger partial charge < -0.3 is 40.6 Å². The minimum Gasteiger partial charge on any atom is -0.481 e. The Bertz CT molecular complexity index is 2040. The monoisotopic (exact) mass is 1220 g/mol. The number of hydrogen-bond acceptors (Lipinski definition) is 14. The van der Waals surface area contributed by atoms with E-state index >= 15 is 0 Å². The van der Waals surface area contributed by atoms with E-state index < -0.39 is 104 Å². The lowest BCUT2D eigenvalue weighted by molar-refractivity contribution is -0.154. The first-order chi connectivity index (χ1) is 36.4. The van der Waals surface area contributed by atoms with Crippen LogP contribution in [0.25, 0.3) is 0 Å². The van der Waals surface area contributed by atoms with Gasteiger partial charge in [-0.1, -0.05) is 132 Å². The molecule has 0 aromatic heterocycles. The molecular weight excluding hydrogens is 1150 g/mol. The van der Waals surface area contributed by atoms with E-state index in [2.05, 4.69) is 32.1 Å². The van der Waals surface area contributed by atoms with Crippen molar-refractivity contribution >= 4 is 123 Å². The summed E-state index contributed by atoms with van der Waals surface area (Å²) in [5, 5.41) is 21.6. The topological polar surface area (TPSA) is 280 Å². The van der Waals surface area contributed by atoms with Gasteiger partial charge in [-0.25, -0.2) is 15.6 Å². The third-order valence-electron chi connectivity index (χ3n) is 12.6. The molecule has 0 spiro atoms. The van der Waals surface area contributed by atoms with Crippen molar-refractivity contribution in [3.8, 4) is 0 Å². The number of nitrogens with zero attached hydrogens (tertiary/aromatic N) is 2. The molecule has 0 unspecified atom stereocenters. The van der Waals surface area contributed by atoms with Crippen molar-refractivity contribution in [3.05, 3.63) is 24.3 Å². The second-order valence-electron chi connectivity index (χ2n) is 20.4. The van der Waals surface area contributed by atoms with Crippen LogP contribution in [0.15, 0.2) is 24.3 Å². The van der Waals surface area contributed by atoms with E-state index in [-0.39, 0.29) is 36.5 Å². The Morgan fingerprint density at radius 2 is 0.962 bits per heavy atom. The summed E-state index contributed by atoms with van der Waals surface area (Å²) in [5.41, 5.74) is 4.96. The number of amides is 6. The molecule has 27 heteroatoms. The first-order valence-electron chi connectivity index (χ1n) is 26.4. The van der Waals surface area contributed by atoms with Crippen molar-refractivity contribution in [2.75, 3.05) is 26.3 Å². The van der Waals surface area contributed by atoms with E-state index in [0.717, 1.165) is 64.2 Å². The van der Waals surface area contributed by atoms with Crippen molar-refractivity contribution in [3.63, 3.8) is 0 Å². The number of allylic oxidation sites excluding steroid dienone is 2. The molecule has 444 valence electrons. The highest BCUT2D eigenvalue weighted by Crippen LogP contribution is 2.30. The Kier molecular flexibility index (Phi) is 31.6. The van der Waals surface area contributed by atoms with E-state index in [4.69, 9.17) is 88.9 Å². The standard InChI is InChI=1S/C23H37Cl3N4O6.C23H35Cl3N4O5.C5H8O2/c1-14(19(32)30-12-8-11-16(29-30)20(33)35-13-23(24,25)26)27-18(31)17(15-9-6-5-7-10-15)28-21(34)36-22(2,3)4;1-3-4-12-18(31)28-19(16-9-6-5-7-10-16)20(32)27-15(2)21(33)30-13-8-11-17(29-30)22(34)35-14-23(24,25)26;1-2-3-4-5(6)7/h14-17,29H,5-13H2,1-4H3,(H,27,31)(H,28,34);3-4,15-17,19,29H,5-14H2,1-2H3,(H,27,32)(H,28,31);2-3H,4H2,1H3,(H,6,7)/b;4-3+;3-2+/t14-,16-,17-;15-,17-,19-;/m00./s1. The third-order valence-corrected chi connectivity index (χ3v) is 13.2. The lowest BCUT2D eigenvalue weighted by Crippen LogP contribution is -2.61. The zero-order valence-corrected chi connectivity index (χ0v) is 50.1. The number of hydrazine groups is 2.